The summed E-state index contributed by atoms with van der Waals surface area (Å²) >= 11 is 1.97. The van der Waals surface area contributed by atoms with Gasteiger partial charge in [-0.2, -0.15) is 0 Å². The number of rotatable bonds is 7. The molecule has 2 N–H and O–H groups in total. The highest BCUT2D eigenvalue weighted by atomic mass is 32.2. The van der Waals surface area contributed by atoms with Crippen LogP contribution in [0, 0.1) is 0 Å². The minimum absolute atomic E-state index is 0.248. The molecule has 0 aromatic heterocycles. The molecule has 0 spiro atoms. The van der Waals surface area contributed by atoms with Gasteiger partial charge in [-0.05, 0) is 37.1 Å². The molecular formula is C14H23NS. The van der Waals surface area contributed by atoms with Crippen molar-refractivity contribution in [3.63, 3.8) is 0 Å². The number of thioether (sulfide) groups is 1. The maximum atomic E-state index is 5.86. The normalized spacial score (nSPS) is 12.7. The van der Waals surface area contributed by atoms with Gasteiger partial charge in [-0.25, -0.2) is 0 Å². The van der Waals surface area contributed by atoms with Crippen molar-refractivity contribution < 1.29 is 0 Å². The third-order valence-electron chi connectivity index (χ3n) is 2.52. The quantitative estimate of drug-likeness (QED) is 0.575. The average Bonchev–Trinajstić information content (AvgIpc) is 2.26. The number of benzene rings is 1. The van der Waals surface area contributed by atoms with Crippen LogP contribution in [-0.2, 0) is 6.42 Å². The lowest BCUT2D eigenvalue weighted by Gasteiger charge is -2.10. The maximum absolute atomic E-state index is 5.86. The average molecular weight is 237 g/mol. The summed E-state index contributed by atoms with van der Waals surface area (Å²) in [5.74, 6) is 1.23. The van der Waals surface area contributed by atoms with E-state index in [1.165, 1.54) is 35.5 Å². The van der Waals surface area contributed by atoms with Gasteiger partial charge in [-0.15, -0.1) is 11.8 Å². The topological polar surface area (TPSA) is 26.0 Å². The molecule has 0 aliphatic rings. The van der Waals surface area contributed by atoms with Gasteiger partial charge in [0, 0.05) is 10.9 Å². The van der Waals surface area contributed by atoms with Crippen LogP contribution in [0.1, 0.15) is 38.7 Å². The van der Waals surface area contributed by atoms with E-state index >= 15 is 0 Å². The smallest absolute Gasteiger partial charge is 0.0105 e. The molecule has 0 aliphatic carbocycles. The standard InChI is InChI=1S/C14H23NS/c1-3-4-7-10-16-14-9-6-5-8-13(14)11-12(2)15/h5-6,8-9,12H,3-4,7,10-11,15H2,1-2H3. The van der Waals surface area contributed by atoms with Crippen LogP contribution in [0.15, 0.2) is 29.2 Å². The molecule has 1 aromatic rings. The first-order chi connectivity index (χ1) is 7.74. The molecule has 1 rings (SSSR count). The molecule has 0 heterocycles. The van der Waals surface area contributed by atoms with Crippen molar-refractivity contribution in [1.29, 1.82) is 0 Å². The number of hydrogen-bond acceptors (Lipinski definition) is 2. The molecule has 0 aliphatic heterocycles. The lowest BCUT2D eigenvalue weighted by molar-refractivity contribution is 0.729. The molecule has 16 heavy (non-hydrogen) atoms. The van der Waals surface area contributed by atoms with Gasteiger partial charge in [0.05, 0.1) is 0 Å². The molecule has 0 bridgehead atoms. The molecule has 1 unspecified atom stereocenters. The van der Waals surface area contributed by atoms with E-state index < -0.39 is 0 Å². The first kappa shape index (κ1) is 13.6. The first-order valence-electron chi connectivity index (χ1n) is 6.20. The van der Waals surface area contributed by atoms with Crippen LogP contribution in [0.25, 0.3) is 0 Å². The second-order valence-electron chi connectivity index (χ2n) is 4.34. The van der Waals surface area contributed by atoms with E-state index in [4.69, 9.17) is 5.73 Å². The molecule has 90 valence electrons. The summed E-state index contributed by atoms with van der Waals surface area (Å²) in [5.41, 5.74) is 7.26. The number of nitrogens with two attached hydrogens (primary N) is 1. The van der Waals surface area contributed by atoms with Crippen LogP contribution in [-0.4, -0.2) is 11.8 Å². The van der Waals surface area contributed by atoms with Gasteiger partial charge in [0.1, 0.15) is 0 Å². The summed E-state index contributed by atoms with van der Waals surface area (Å²) < 4.78 is 0. The molecule has 2 heteroatoms. The Bertz CT molecular complexity index is 297. The Morgan fingerprint density at radius 2 is 2.00 bits per heavy atom. The zero-order valence-electron chi connectivity index (χ0n) is 10.4. The fraction of sp³-hybridized carbons (Fsp3) is 0.571. The Hall–Kier alpha value is -0.470. The summed E-state index contributed by atoms with van der Waals surface area (Å²) in [5, 5.41) is 0. The van der Waals surface area contributed by atoms with Crippen molar-refractivity contribution >= 4 is 11.8 Å². The molecule has 1 atom stereocenters. The zero-order chi connectivity index (χ0) is 11.8. The van der Waals surface area contributed by atoms with E-state index in [-0.39, 0.29) is 6.04 Å². The van der Waals surface area contributed by atoms with Gasteiger partial charge in [0.2, 0.25) is 0 Å². The van der Waals surface area contributed by atoms with Crippen LogP contribution in [0.4, 0.5) is 0 Å². The molecule has 0 saturated carbocycles. The zero-order valence-corrected chi connectivity index (χ0v) is 11.2. The van der Waals surface area contributed by atoms with Gasteiger partial charge in [0.15, 0.2) is 0 Å². The van der Waals surface area contributed by atoms with E-state index in [0.29, 0.717) is 0 Å². The highest BCUT2D eigenvalue weighted by molar-refractivity contribution is 7.99. The minimum Gasteiger partial charge on any atom is -0.328 e. The molecular weight excluding hydrogens is 214 g/mol. The molecule has 0 fully saturated rings. The van der Waals surface area contributed by atoms with Crippen molar-refractivity contribution in [3.8, 4) is 0 Å². The summed E-state index contributed by atoms with van der Waals surface area (Å²) in [6, 6.07) is 8.89. The van der Waals surface area contributed by atoms with Gasteiger partial charge in [-0.3, -0.25) is 0 Å². The van der Waals surface area contributed by atoms with Crippen molar-refractivity contribution in [2.75, 3.05) is 5.75 Å². The van der Waals surface area contributed by atoms with E-state index in [0.717, 1.165) is 6.42 Å². The van der Waals surface area contributed by atoms with Crippen LogP contribution >= 0.6 is 11.8 Å². The Morgan fingerprint density at radius 1 is 1.25 bits per heavy atom. The highest BCUT2D eigenvalue weighted by Crippen LogP contribution is 2.24. The lowest BCUT2D eigenvalue weighted by atomic mass is 10.1. The fourth-order valence-electron chi connectivity index (χ4n) is 1.69. The number of unbranched alkanes of at least 4 members (excludes halogenated alkanes) is 2. The van der Waals surface area contributed by atoms with Crippen LogP contribution in [0.5, 0.6) is 0 Å². The van der Waals surface area contributed by atoms with Crippen molar-refractivity contribution in [2.24, 2.45) is 5.73 Å². The summed E-state index contributed by atoms with van der Waals surface area (Å²) in [4.78, 5) is 1.41. The van der Waals surface area contributed by atoms with Gasteiger partial charge in [-0.1, -0.05) is 38.0 Å². The van der Waals surface area contributed by atoms with Crippen molar-refractivity contribution in [3.05, 3.63) is 29.8 Å². The second-order valence-corrected chi connectivity index (χ2v) is 5.48. The third-order valence-corrected chi connectivity index (χ3v) is 3.72. The Labute approximate surface area is 104 Å². The third kappa shape index (κ3) is 5.04. The highest BCUT2D eigenvalue weighted by Gasteiger charge is 2.04. The monoisotopic (exact) mass is 237 g/mol. The largest absolute Gasteiger partial charge is 0.328 e. The minimum atomic E-state index is 0.248. The van der Waals surface area contributed by atoms with Gasteiger partial charge >= 0.3 is 0 Å². The predicted octanol–water partition coefficient (Wildman–Crippen LogP) is 3.86. The molecule has 0 amide bonds. The van der Waals surface area contributed by atoms with Gasteiger partial charge < -0.3 is 5.73 Å². The summed E-state index contributed by atoms with van der Waals surface area (Å²) in [6.07, 6.45) is 4.93. The molecule has 1 aromatic carbocycles. The Morgan fingerprint density at radius 3 is 2.69 bits per heavy atom. The Balaban J connectivity index is 2.50. The van der Waals surface area contributed by atoms with E-state index in [1.807, 2.05) is 11.8 Å². The van der Waals surface area contributed by atoms with Crippen LogP contribution in [0.2, 0.25) is 0 Å². The number of hydrogen-bond donors (Lipinski definition) is 1. The summed E-state index contributed by atoms with van der Waals surface area (Å²) in [6.45, 7) is 4.31. The second kappa shape index (κ2) is 7.75. The van der Waals surface area contributed by atoms with E-state index in [1.54, 1.807) is 0 Å². The van der Waals surface area contributed by atoms with Crippen molar-refractivity contribution in [2.45, 2.75) is 50.5 Å². The fourth-order valence-corrected chi connectivity index (χ4v) is 2.77. The van der Waals surface area contributed by atoms with E-state index in [9.17, 15) is 0 Å². The van der Waals surface area contributed by atoms with Crippen LogP contribution < -0.4 is 5.73 Å². The first-order valence-corrected chi connectivity index (χ1v) is 7.19. The molecule has 0 saturated heterocycles. The SMILES string of the molecule is CCCCCSc1ccccc1CC(C)N. The van der Waals surface area contributed by atoms with Crippen molar-refractivity contribution in [1.82, 2.24) is 0 Å². The van der Waals surface area contributed by atoms with Gasteiger partial charge in [0.25, 0.3) is 0 Å². The Kier molecular flexibility index (Phi) is 6.58. The van der Waals surface area contributed by atoms with E-state index in [2.05, 4.69) is 38.1 Å². The lowest BCUT2D eigenvalue weighted by Crippen LogP contribution is -2.18. The molecule has 1 nitrogen and oxygen atoms in total. The predicted molar refractivity (Wildman–Crippen MR) is 74.0 cm³/mol. The molecule has 0 radical (unpaired) electrons. The van der Waals surface area contributed by atoms with Crippen LogP contribution in [0.3, 0.4) is 0 Å². The maximum Gasteiger partial charge on any atom is 0.0105 e. The summed E-state index contributed by atoms with van der Waals surface area (Å²) in [7, 11) is 0.